The molecule has 0 fully saturated rings. The van der Waals surface area contributed by atoms with Crippen molar-refractivity contribution >= 4 is 17.9 Å². The Morgan fingerprint density at radius 2 is 0.492 bits per heavy atom. The molecule has 0 aliphatic heterocycles. The minimum atomic E-state index is -0.763. The lowest BCUT2D eigenvalue weighted by Gasteiger charge is -2.18. The molecule has 6 heteroatoms. The van der Waals surface area contributed by atoms with Crippen LogP contribution in [0.2, 0.25) is 0 Å². The zero-order chi connectivity index (χ0) is 43.4. The van der Waals surface area contributed by atoms with Crippen LogP contribution in [0.5, 0.6) is 0 Å². The van der Waals surface area contributed by atoms with Crippen molar-refractivity contribution in [3.8, 4) is 0 Å². The maximum atomic E-state index is 12.8. The van der Waals surface area contributed by atoms with Gasteiger partial charge in [-0.05, 0) is 37.0 Å². The van der Waals surface area contributed by atoms with Gasteiger partial charge in [0.05, 0.1) is 0 Å². The van der Waals surface area contributed by atoms with Gasteiger partial charge in [-0.15, -0.1) is 0 Å². The van der Waals surface area contributed by atoms with Gasteiger partial charge in [-0.25, -0.2) is 0 Å². The summed E-state index contributed by atoms with van der Waals surface area (Å²) in [6.07, 6.45) is 43.8. The zero-order valence-corrected chi connectivity index (χ0v) is 40.5. The number of hydrogen-bond acceptors (Lipinski definition) is 6. The van der Waals surface area contributed by atoms with Gasteiger partial charge in [-0.3, -0.25) is 14.4 Å². The van der Waals surface area contributed by atoms with Crippen molar-refractivity contribution in [3.63, 3.8) is 0 Å². The average molecular weight is 835 g/mol. The molecule has 0 aliphatic rings. The van der Waals surface area contributed by atoms with Crippen LogP contribution in [0.3, 0.4) is 0 Å². The molecule has 350 valence electrons. The molecular weight excluding hydrogens is 733 g/mol. The van der Waals surface area contributed by atoms with Crippen molar-refractivity contribution in [2.24, 2.45) is 17.8 Å². The Bertz CT molecular complexity index is 914. The molecule has 0 N–H and O–H groups in total. The smallest absolute Gasteiger partial charge is 0.306 e. The number of rotatable bonds is 46. The molecule has 6 nitrogen and oxygen atoms in total. The van der Waals surface area contributed by atoms with Crippen molar-refractivity contribution in [3.05, 3.63) is 0 Å². The Morgan fingerprint density at radius 1 is 0.288 bits per heavy atom. The molecule has 0 saturated carbocycles. The van der Waals surface area contributed by atoms with Crippen molar-refractivity contribution < 1.29 is 28.6 Å². The lowest BCUT2D eigenvalue weighted by Crippen LogP contribution is -2.30. The second-order valence-corrected chi connectivity index (χ2v) is 19.6. The molecule has 0 bridgehead atoms. The van der Waals surface area contributed by atoms with Gasteiger partial charge in [0.15, 0.2) is 6.10 Å². The van der Waals surface area contributed by atoms with Crippen LogP contribution in [0.1, 0.15) is 286 Å². The second kappa shape index (κ2) is 44.5. The normalized spacial score (nSPS) is 12.2. The predicted octanol–water partition coefficient (Wildman–Crippen LogP) is 16.8. The second-order valence-electron chi connectivity index (χ2n) is 19.6. The summed E-state index contributed by atoms with van der Waals surface area (Å²) in [5, 5.41) is 0. The Balaban J connectivity index is 4.29. The van der Waals surface area contributed by atoms with E-state index in [1.807, 2.05) is 0 Å². The van der Waals surface area contributed by atoms with Gasteiger partial charge in [0.2, 0.25) is 0 Å². The highest BCUT2D eigenvalue weighted by Gasteiger charge is 2.19. The van der Waals surface area contributed by atoms with E-state index in [0.29, 0.717) is 19.3 Å². The maximum absolute atomic E-state index is 12.8. The van der Waals surface area contributed by atoms with Crippen LogP contribution in [0.15, 0.2) is 0 Å². The third-order valence-electron chi connectivity index (χ3n) is 11.9. The summed E-state index contributed by atoms with van der Waals surface area (Å²) < 4.78 is 16.8. The number of carbonyl (C=O) groups excluding carboxylic acids is 3. The molecule has 0 heterocycles. The molecule has 0 unspecified atom stereocenters. The summed E-state index contributed by atoms with van der Waals surface area (Å²) in [4.78, 5) is 37.9. The number of carbonyl (C=O) groups is 3. The van der Waals surface area contributed by atoms with E-state index in [1.54, 1.807) is 0 Å². The van der Waals surface area contributed by atoms with Crippen molar-refractivity contribution in [2.45, 2.75) is 292 Å². The van der Waals surface area contributed by atoms with E-state index in [9.17, 15) is 14.4 Å². The SMILES string of the molecule is CC(C)CCCCCCCCCCCCCCCC(=O)O[C@@H](COC(=O)CCCCCCCCCCCCCCC(C)C)COC(=O)CCCCCCCCCC(C)C. The van der Waals surface area contributed by atoms with Crippen LogP contribution in [0.4, 0.5) is 0 Å². The van der Waals surface area contributed by atoms with Crippen molar-refractivity contribution in [2.75, 3.05) is 13.2 Å². The summed E-state index contributed by atoms with van der Waals surface area (Å²) in [5.41, 5.74) is 0. The quantitative estimate of drug-likeness (QED) is 0.0345. The third kappa shape index (κ3) is 47.3. The summed E-state index contributed by atoms with van der Waals surface area (Å²) in [6, 6.07) is 0. The van der Waals surface area contributed by atoms with E-state index < -0.39 is 6.10 Å². The van der Waals surface area contributed by atoms with E-state index in [-0.39, 0.29) is 31.1 Å². The molecule has 1 atom stereocenters. The van der Waals surface area contributed by atoms with Gasteiger partial charge < -0.3 is 14.2 Å². The monoisotopic (exact) mass is 835 g/mol. The van der Waals surface area contributed by atoms with E-state index in [2.05, 4.69) is 41.5 Å². The molecule has 0 spiro atoms. The number of hydrogen-bond donors (Lipinski definition) is 0. The maximum Gasteiger partial charge on any atom is 0.306 e. The van der Waals surface area contributed by atoms with E-state index in [4.69, 9.17) is 14.2 Å². The Kier molecular flexibility index (Phi) is 43.3. The molecule has 0 aromatic heterocycles. The summed E-state index contributed by atoms with van der Waals surface area (Å²) >= 11 is 0. The average Bonchev–Trinajstić information content (AvgIpc) is 3.19. The van der Waals surface area contributed by atoms with Crippen LogP contribution in [-0.4, -0.2) is 37.2 Å². The summed E-state index contributed by atoms with van der Waals surface area (Å²) in [5.74, 6) is 1.60. The Hall–Kier alpha value is -1.59. The van der Waals surface area contributed by atoms with Crippen molar-refractivity contribution in [1.82, 2.24) is 0 Å². The van der Waals surface area contributed by atoms with Crippen LogP contribution in [-0.2, 0) is 28.6 Å². The number of esters is 3. The molecule has 0 amide bonds. The first kappa shape index (κ1) is 57.4. The highest BCUT2D eigenvalue weighted by molar-refractivity contribution is 5.71. The first-order valence-corrected chi connectivity index (χ1v) is 26.1. The number of unbranched alkanes of at least 4 members (excludes halogenated alkanes) is 29. The lowest BCUT2D eigenvalue weighted by molar-refractivity contribution is -0.167. The molecule has 0 aliphatic carbocycles. The highest BCUT2D eigenvalue weighted by Crippen LogP contribution is 2.18. The molecule has 0 radical (unpaired) electrons. The largest absolute Gasteiger partial charge is 0.462 e. The van der Waals surface area contributed by atoms with Gasteiger partial charge in [0.1, 0.15) is 13.2 Å². The standard InChI is InChI=1S/C53H102O6/c1-47(2)39-33-27-21-16-12-8-7-9-15-19-25-32-38-44-53(56)59-50(46-58-52(55)43-37-31-26-20-23-29-35-41-49(5)6)45-57-51(54)42-36-30-24-18-14-11-10-13-17-22-28-34-40-48(3)4/h47-50H,7-46H2,1-6H3/t50-/m0/s1. The fourth-order valence-corrected chi connectivity index (χ4v) is 7.94. The van der Waals surface area contributed by atoms with E-state index >= 15 is 0 Å². The Morgan fingerprint density at radius 3 is 0.729 bits per heavy atom. The summed E-state index contributed by atoms with van der Waals surface area (Å²) in [7, 11) is 0. The van der Waals surface area contributed by atoms with Crippen LogP contribution < -0.4 is 0 Å². The van der Waals surface area contributed by atoms with Gasteiger partial charge in [-0.2, -0.15) is 0 Å². The molecule has 59 heavy (non-hydrogen) atoms. The zero-order valence-electron chi connectivity index (χ0n) is 40.5. The first-order chi connectivity index (χ1) is 28.6. The molecule has 0 aromatic carbocycles. The number of ether oxygens (including phenoxy) is 3. The van der Waals surface area contributed by atoms with Crippen LogP contribution in [0.25, 0.3) is 0 Å². The molecule has 0 rings (SSSR count). The van der Waals surface area contributed by atoms with Crippen LogP contribution >= 0.6 is 0 Å². The van der Waals surface area contributed by atoms with Gasteiger partial charge in [-0.1, -0.05) is 247 Å². The topological polar surface area (TPSA) is 78.9 Å². The molecular formula is C53H102O6. The van der Waals surface area contributed by atoms with E-state index in [0.717, 1.165) is 75.5 Å². The fourth-order valence-electron chi connectivity index (χ4n) is 7.94. The highest BCUT2D eigenvalue weighted by atomic mass is 16.6. The predicted molar refractivity (Wildman–Crippen MR) is 252 cm³/mol. The van der Waals surface area contributed by atoms with Crippen molar-refractivity contribution in [1.29, 1.82) is 0 Å². The minimum absolute atomic E-state index is 0.0650. The van der Waals surface area contributed by atoms with Gasteiger partial charge in [0, 0.05) is 19.3 Å². The Labute approximate surface area is 368 Å². The summed E-state index contributed by atoms with van der Waals surface area (Å²) in [6.45, 7) is 13.7. The minimum Gasteiger partial charge on any atom is -0.462 e. The van der Waals surface area contributed by atoms with Gasteiger partial charge >= 0.3 is 17.9 Å². The molecule has 0 aromatic rings. The third-order valence-corrected chi connectivity index (χ3v) is 11.9. The van der Waals surface area contributed by atoms with Gasteiger partial charge in [0.25, 0.3) is 0 Å². The van der Waals surface area contributed by atoms with E-state index in [1.165, 1.54) is 167 Å². The van der Waals surface area contributed by atoms with Crippen LogP contribution in [0, 0.1) is 17.8 Å². The lowest BCUT2D eigenvalue weighted by atomic mass is 10.0. The first-order valence-electron chi connectivity index (χ1n) is 26.1. The molecule has 0 saturated heterocycles. The fraction of sp³-hybridized carbons (Fsp3) is 0.943.